The van der Waals surface area contributed by atoms with Crippen LogP contribution in [0.25, 0.3) is 0 Å². The van der Waals surface area contributed by atoms with Crippen LogP contribution in [0.2, 0.25) is 0 Å². The van der Waals surface area contributed by atoms with E-state index in [0.29, 0.717) is 18.4 Å². The van der Waals surface area contributed by atoms with Crippen molar-refractivity contribution < 1.29 is 9.90 Å². The Hall–Kier alpha value is -0.610. The fourth-order valence-corrected chi connectivity index (χ4v) is 4.13. The molecule has 3 rings (SSSR count). The fourth-order valence-electron chi connectivity index (χ4n) is 4.13. The zero-order chi connectivity index (χ0) is 13.3. The number of amides is 1. The van der Waals surface area contributed by atoms with E-state index < -0.39 is 0 Å². The number of carbonyl (C=O) groups is 1. The van der Waals surface area contributed by atoms with Crippen LogP contribution in [0.5, 0.6) is 0 Å². The van der Waals surface area contributed by atoms with Crippen molar-refractivity contribution in [1.82, 2.24) is 10.2 Å². The van der Waals surface area contributed by atoms with Gasteiger partial charge in [-0.05, 0) is 37.5 Å². The van der Waals surface area contributed by atoms with E-state index in [2.05, 4.69) is 5.32 Å². The lowest BCUT2D eigenvalue weighted by atomic mass is 9.68. The highest BCUT2D eigenvalue weighted by Crippen LogP contribution is 2.44. The molecule has 0 aromatic carbocycles. The molecule has 3 aliphatic rings. The molecule has 0 bridgehead atoms. The molecule has 4 nitrogen and oxygen atoms in total. The molecule has 1 amide bonds. The Morgan fingerprint density at radius 1 is 1.11 bits per heavy atom. The fraction of sp³-hybridized carbons (Fsp3) is 0.933. The van der Waals surface area contributed by atoms with Crippen LogP contribution in [0.1, 0.15) is 51.4 Å². The van der Waals surface area contributed by atoms with E-state index in [1.54, 1.807) is 0 Å². The minimum atomic E-state index is -0.344. The third-order valence-electron chi connectivity index (χ3n) is 5.46. The Balaban J connectivity index is 1.53. The standard InChI is InChI=1S/C15H26N2O2/c18-12-10-13(16-11-12)14(19)17-8-6-15(7-9-17)4-2-1-3-5-15/h12-13,16,18H,1-11H2. The van der Waals surface area contributed by atoms with E-state index in [1.165, 1.54) is 44.9 Å². The smallest absolute Gasteiger partial charge is 0.239 e. The van der Waals surface area contributed by atoms with Crippen molar-refractivity contribution in [2.24, 2.45) is 5.41 Å². The Morgan fingerprint density at radius 2 is 1.79 bits per heavy atom. The van der Waals surface area contributed by atoms with Crippen molar-refractivity contribution >= 4 is 5.91 Å². The lowest BCUT2D eigenvalue weighted by Crippen LogP contribution is -2.49. The number of carbonyl (C=O) groups excluding carboxylic acids is 1. The van der Waals surface area contributed by atoms with Crippen LogP contribution in [0, 0.1) is 5.41 Å². The maximum Gasteiger partial charge on any atom is 0.239 e. The van der Waals surface area contributed by atoms with Gasteiger partial charge in [-0.3, -0.25) is 4.79 Å². The lowest BCUT2D eigenvalue weighted by Gasteiger charge is -2.44. The van der Waals surface area contributed by atoms with Crippen molar-refractivity contribution in [3.05, 3.63) is 0 Å². The Kier molecular flexibility index (Phi) is 3.81. The third-order valence-corrected chi connectivity index (χ3v) is 5.46. The number of likely N-dealkylation sites (tertiary alicyclic amines) is 1. The Bertz CT molecular complexity index is 329. The largest absolute Gasteiger partial charge is 0.392 e. The van der Waals surface area contributed by atoms with E-state index in [4.69, 9.17) is 0 Å². The second kappa shape index (κ2) is 5.41. The summed E-state index contributed by atoms with van der Waals surface area (Å²) < 4.78 is 0. The second-order valence-electron chi connectivity index (χ2n) is 6.74. The second-order valence-corrected chi connectivity index (χ2v) is 6.74. The highest BCUT2D eigenvalue weighted by molar-refractivity contribution is 5.82. The zero-order valence-corrected chi connectivity index (χ0v) is 11.7. The highest BCUT2D eigenvalue weighted by Gasteiger charge is 2.39. The van der Waals surface area contributed by atoms with Crippen LogP contribution in [-0.4, -0.2) is 47.7 Å². The molecule has 1 aliphatic carbocycles. The van der Waals surface area contributed by atoms with Gasteiger partial charge in [0.25, 0.3) is 0 Å². The number of rotatable bonds is 1. The molecule has 2 heterocycles. The summed E-state index contributed by atoms with van der Waals surface area (Å²) in [4.78, 5) is 14.4. The number of nitrogens with one attached hydrogen (secondary N) is 1. The summed E-state index contributed by atoms with van der Waals surface area (Å²) in [5, 5.41) is 12.6. The number of aliphatic hydroxyl groups is 1. The predicted molar refractivity (Wildman–Crippen MR) is 73.7 cm³/mol. The molecule has 0 radical (unpaired) electrons. The maximum absolute atomic E-state index is 12.4. The zero-order valence-electron chi connectivity index (χ0n) is 11.7. The molecular weight excluding hydrogens is 240 g/mol. The van der Waals surface area contributed by atoms with Crippen LogP contribution < -0.4 is 5.32 Å². The SMILES string of the molecule is O=C(C1CC(O)CN1)N1CCC2(CCCCC2)CC1. The van der Waals surface area contributed by atoms with Gasteiger partial charge < -0.3 is 15.3 Å². The normalized spacial score (nSPS) is 34.7. The number of hydrogen-bond acceptors (Lipinski definition) is 3. The quantitative estimate of drug-likeness (QED) is 0.752. The van der Waals surface area contributed by atoms with Gasteiger partial charge in [0, 0.05) is 19.6 Å². The lowest BCUT2D eigenvalue weighted by molar-refractivity contribution is -0.136. The van der Waals surface area contributed by atoms with E-state index >= 15 is 0 Å². The van der Waals surface area contributed by atoms with Gasteiger partial charge in [-0.25, -0.2) is 0 Å². The van der Waals surface area contributed by atoms with Crippen LogP contribution in [0.3, 0.4) is 0 Å². The van der Waals surface area contributed by atoms with Crippen LogP contribution in [0.4, 0.5) is 0 Å². The van der Waals surface area contributed by atoms with E-state index in [-0.39, 0.29) is 18.1 Å². The molecule has 108 valence electrons. The molecule has 1 saturated carbocycles. The molecule has 4 heteroatoms. The molecule has 2 aliphatic heterocycles. The average molecular weight is 266 g/mol. The molecule has 0 aromatic heterocycles. The highest BCUT2D eigenvalue weighted by atomic mass is 16.3. The number of hydrogen-bond donors (Lipinski definition) is 2. The van der Waals surface area contributed by atoms with E-state index in [1.807, 2.05) is 4.90 Å². The van der Waals surface area contributed by atoms with Crippen LogP contribution in [-0.2, 0) is 4.79 Å². The van der Waals surface area contributed by atoms with E-state index in [9.17, 15) is 9.90 Å². The van der Waals surface area contributed by atoms with Crippen molar-refractivity contribution in [3.63, 3.8) is 0 Å². The molecular formula is C15H26N2O2. The molecule has 2 atom stereocenters. The molecule has 2 N–H and O–H groups in total. The number of piperidine rings is 1. The maximum atomic E-state index is 12.4. The summed E-state index contributed by atoms with van der Waals surface area (Å²) in [6.45, 7) is 2.41. The molecule has 3 fully saturated rings. The summed E-state index contributed by atoms with van der Waals surface area (Å²) in [6, 6.07) is -0.143. The first kappa shape index (κ1) is 13.4. The molecule has 2 saturated heterocycles. The summed E-state index contributed by atoms with van der Waals surface area (Å²) in [5.41, 5.74) is 0.553. The summed E-state index contributed by atoms with van der Waals surface area (Å²) in [7, 11) is 0. The summed E-state index contributed by atoms with van der Waals surface area (Å²) in [6.07, 6.45) is 9.51. The number of β-amino-alcohol motifs (C(OH)–C–C–N with tert-alkyl or cyclic N) is 1. The number of aliphatic hydroxyl groups excluding tert-OH is 1. The van der Waals surface area contributed by atoms with Gasteiger partial charge in [-0.15, -0.1) is 0 Å². The first-order valence-electron chi connectivity index (χ1n) is 7.89. The predicted octanol–water partition coefficient (Wildman–Crippen LogP) is 1.28. The topological polar surface area (TPSA) is 52.6 Å². The van der Waals surface area contributed by atoms with Gasteiger partial charge in [-0.2, -0.15) is 0 Å². The Labute approximate surface area is 115 Å². The number of nitrogens with zero attached hydrogens (tertiary/aromatic N) is 1. The summed E-state index contributed by atoms with van der Waals surface area (Å²) in [5.74, 6) is 0.210. The van der Waals surface area contributed by atoms with Crippen molar-refractivity contribution in [2.45, 2.75) is 63.5 Å². The molecule has 0 aromatic rings. The monoisotopic (exact) mass is 266 g/mol. The minimum absolute atomic E-state index is 0.143. The Morgan fingerprint density at radius 3 is 2.37 bits per heavy atom. The van der Waals surface area contributed by atoms with Gasteiger partial charge in [0.1, 0.15) is 0 Å². The van der Waals surface area contributed by atoms with Crippen molar-refractivity contribution in [3.8, 4) is 0 Å². The van der Waals surface area contributed by atoms with Gasteiger partial charge in [0.05, 0.1) is 12.1 Å². The van der Waals surface area contributed by atoms with Gasteiger partial charge in [0.2, 0.25) is 5.91 Å². The average Bonchev–Trinajstić information content (AvgIpc) is 2.87. The van der Waals surface area contributed by atoms with Gasteiger partial charge in [0.15, 0.2) is 0 Å². The molecule has 2 unspecified atom stereocenters. The minimum Gasteiger partial charge on any atom is -0.392 e. The molecule has 19 heavy (non-hydrogen) atoms. The molecule has 1 spiro atoms. The first-order chi connectivity index (χ1) is 9.19. The van der Waals surface area contributed by atoms with Crippen molar-refractivity contribution in [1.29, 1.82) is 0 Å². The van der Waals surface area contributed by atoms with Crippen LogP contribution >= 0.6 is 0 Å². The van der Waals surface area contributed by atoms with Gasteiger partial charge >= 0.3 is 0 Å². The van der Waals surface area contributed by atoms with Crippen LogP contribution in [0.15, 0.2) is 0 Å². The van der Waals surface area contributed by atoms with Crippen molar-refractivity contribution in [2.75, 3.05) is 19.6 Å². The third kappa shape index (κ3) is 2.79. The summed E-state index contributed by atoms with van der Waals surface area (Å²) >= 11 is 0. The van der Waals surface area contributed by atoms with E-state index in [0.717, 1.165) is 13.1 Å². The first-order valence-corrected chi connectivity index (χ1v) is 7.89. The van der Waals surface area contributed by atoms with Gasteiger partial charge in [-0.1, -0.05) is 19.3 Å².